The predicted octanol–water partition coefficient (Wildman–Crippen LogP) is 3.97. The maximum Gasteiger partial charge on any atom is 0.416 e. The minimum absolute atomic E-state index is 0.0259. The maximum atomic E-state index is 13.4. The van der Waals surface area contributed by atoms with E-state index >= 15 is 0 Å². The number of nitrogens with zero attached hydrogens (tertiary/aromatic N) is 1. The molecular weight excluding hydrogens is 370 g/mol. The van der Waals surface area contributed by atoms with Crippen LogP contribution in [0, 0.1) is 17.8 Å². The summed E-state index contributed by atoms with van der Waals surface area (Å²) < 4.78 is 10.5. The summed E-state index contributed by atoms with van der Waals surface area (Å²) in [7, 11) is 0. The zero-order valence-corrected chi connectivity index (χ0v) is 17.3. The van der Waals surface area contributed by atoms with Gasteiger partial charge in [-0.1, -0.05) is 57.0 Å². The van der Waals surface area contributed by atoms with Crippen LogP contribution in [0.4, 0.5) is 4.79 Å². The molecule has 1 saturated carbocycles. The number of benzene rings is 1. The van der Waals surface area contributed by atoms with Gasteiger partial charge in [0, 0.05) is 0 Å². The lowest BCUT2D eigenvalue weighted by atomic mass is 9.86. The number of ether oxygens (including phenoxy) is 2. The Hall–Kier alpha value is -2.37. The van der Waals surface area contributed by atoms with E-state index in [-0.39, 0.29) is 42.8 Å². The normalized spacial score (nSPS) is 20.7. The van der Waals surface area contributed by atoms with Crippen molar-refractivity contribution in [3.05, 3.63) is 35.9 Å². The van der Waals surface area contributed by atoms with Gasteiger partial charge in [-0.15, -0.1) is 0 Å². The van der Waals surface area contributed by atoms with Crippen LogP contribution in [0.3, 0.4) is 0 Å². The Labute approximate surface area is 172 Å². The van der Waals surface area contributed by atoms with Gasteiger partial charge in [0.05, 0.1) is 25.0 Å². The van der Waals surface area contributed by atoms with Crippen molar-refractivity contribution >= 4 is 18.0 Å². The highest BCUT2D eigenvalue weighted by Crippen LogP contribution is 2.36. The number of carbonyl (C=O) groups excluding carboxylic acids is 3. The minimum atomic E-state index is -0.602. The van der Waals surface area contributed by atoms with E-state index < -0.39 is 12.0 Å². The van der Waals surface area contributed by atoms with E-state index in [0.29, 0.717) is 13.0 Å². The van der Waals surface area contributed by atoms with Gasteiger partial charge in [-0.2, -0.15) is 0 Å². The average Bonchev–Trinajstić information content (AvgIpc) is 3.35. The van der Waals surface area contributed by atoms with Crippen LogP contribution in [0.15, 0.2) is 30.3 Å². The lowest BCUT2D eigenvalue weighted by molar-refractivity contribution is -0.150. The number of rotatable bonds is 8. The Morgan fingerprint density at radius 1 is 1.17 bits per heavy atom. The number of imide groups is 1. The van der Waals surface area contributed by atoms with Gasteiger partial charge in [0.1, 0.15) is 6.61 Å². The van der Waals surface area contributed by atoms with Gasteiger partial charge in [-0.3, -0.25) is 9.59 Å². The molecule has 6 nitrogen and oxygen atoms in total. The molecule has 1 aromatic rings. The topological polar surface area (TPSA) is 72.9 Å². The van der Waals surface area contributed by atoms with E-state index in [9.17, 15) is 14.4 Å². The molecule has 1 aliphatic heterocycles. The third kappa shape index (κ3) is 5.58. The van der Waals surface area contributed by atoms with Crippen LogP contribution in [0.25, 0.3) is 0 Å². The van der Waals surface area contributed by atoms with Crippen LogP contribution in [-0.2, 0) is 25.5 Å². The van der Waals surface area contributed by atoms with Gasteiger partial charge in [0.2, 0.25) is 5.91 Å². The molecule has 1 aromatic carbocycles. The number of hydrogen-bond donors (Lipinski definition) is 0. The fourth-order valence-electron chi connectivity index (χ4n) is 4.26. The van der Waals surface area contributed by atoms with Crippen molar-refractivity contribution in [1.29, 1.82) is 0 Å². The number of esters is 1. The third-order valence-corrected chi connectivity index (χ3v) is 5.76. The summed E-state index contributed by atoms with van der Waals surface area (Å²) in [6, 6.07) is 9.41. The first-order valence-corrected chi connectivity index (χ1v) is 10.6. The molecule has 0 unspecified atom stereocenters. The molecule has 1 heterocycles. The van der Waals surface area contributed by atoms with Crippen LogP contribution in [0.1, 0.15) is 51.5 Å². The van der Waals surface area contributed by atoms with Crippen LogP contribution in [0.5, 0.6) is 0 Å². The minimum Gasteiger partial charge on any atom is -0.465 e. The Bertz CT molecular complexity index is 711. The molecule has 158 valence electrons. The van der Waals surface area contributed by atoms with E-state index in [2.05, 4.69) is 0 Å². The Kier molecular flexibility index (Phi) is 7.29. The molecule has 2 fully saturated rings. The number of carbonyl (C=O) groups is 3. The van der Waals surface area contributed by atoms with Crippen molar-refractivity contribution in [3.63, 3.8) is 0 Å². The van der Waals surface area contributed by atoms with Crippen molar-refractivity contribution < 1.29 is 23.9 Å². The van der Waals surface area contributed by atoms with Crippen LogP contribution < -0.4 is 0 Å². The standard InChI is InChI=1S/C23H31NO5/c1-16(2)14-28-21(25)13-20(18-10-6-7-11-18)22(26)24-19(15-29-23(24)27)12-17-8-4-3-5-9-17/h3-5,8-9,16,18-20H,6-7,10-15H2,1-2H3/t19-,20-/m1/s1. The maximum absolute atomic E-state index is 13.4. The summed E-state index contributed by atoms with van der Waals surface area (Å²) in [4.78, 5) is 39.5. The van der Waals surface area contributed by atoms with Crippen LogP contribution in [0.2, 0.25) is 0 Å². The molecule has 2 aliphatic rings. The number of amides is 2. The van der Waals surface area contributed by atoms with E-state index in [1.54, 1.807) is 0 Å². The first kappa shape index (κ1) is 21.3. The van der Waals surface area contributed by atoms with Crippen molar-refractivity contribution in [1.82, 2.24) is 4.90 Å². The first-order valence-electron chi connectivity index (χ1n) is 10.6. The van der Waals surface area contributed by atoms with Gasteiger partial charge in [0.25, 0.3) is 0 Å². The largest absolute Gasteiger partial charge is 0.465 e. The second kappa shape index (κ2) is 9.90. The molecule has 3 rings (SSSR count). The lowest BCUT2D eigenvalue weighted by Crippen LogP contribution is -2.45. The van der Waals surface area contributed by atoms with E-state index in [0.717, 1.165) is 31.2 Å². The predicted molar refractivity (Wildman–Crippen MR) is 108 cm³/mol. The first-order chi connectivity index (χ1) is 14.0. The van der Waals surface area contributed by atoms with E-state index in [1.165, 1.54) is 4.90 Å². The summed E-state index contributed by atoms with van der Waals surface area (Å²) in [6.45, 7) is 4.48. The molecule has 0 N–H and O–H groups in total. The Balaban J connectivity index is 1.73. The SMILES string of the molecule is CC(C)COC(=O)C[C@@H](C(=O)N1C(=O)OC[C@H]1Cc1ccccc1)C1CCCC1. The highest BCUT2D eigenvalue weighted by Gasteiger charge is 2.44. The van der Waals surface area contributed by atoms with E-state index in [4.69, 9.17) is 9.47 Å². The molecule has 0 spiro atoms. The summed E-state index contributed by atoms with van der Waals surface area (Å²) in [6.07, 6.45) is 3.88. The monoisotopic (exact) mass is 401 g/mol. The fourth-order valence-corrected chi connectivity index (χ4v) is 4.26. The fraction of sp³-hybridized carbons (Fsp3) is 0.609. The molecular formula is C23H31NO5. The number of cyclic esters (lactones) is 1. The quantitative estimate of drug-likeness (QED) is 0.616. The second-order valence-corrected chi connectivity index (χ2v) is 8.56. The van der Waals surface area contributed by atoms with Gasteiger partial charge in [-0.05, 0) is 36.7 Å². The summed E-state index contributed by atoms with van der Waals surface area (Å²) >= 11 is 0. The van der Waals surface area contributed by atoms with Gasteiger partial charge < -0.3 is 9.47 Å². The van der Waals surface area contributed by atoms with Gasteiger partial charge in [-0.25, -0.2) is 9.69 Å². The summed E-state index contributed by atoms with van der Waals surface area (Å²) in [5.41, 5.74) is 1.04. The van der Waals surface area contributed by atoms with Crippen molar-refractivity contribution in [2.45, 2.75) is 58.4 Å². The lowest BCUT2D eigenvalue weighted by Gasteiger charge is -2.28. The summed E-state index contributed by atoms with van der Waals surface area (Å²) in [5, 5.41) is 0. The molecule has 6 heteroatoms. The zero-order chi connectivity index (χ0) is 20.8. The average molecular weight is 402 g/mol. The summed E-state index contributed by atoms with van der Waals surface area (Å²) in [5.74, 6) is -0.831. The molecule has 29 heavy (non-hydrogen) atoms. The van der Waals surface area contributed by atoms with Crippen LogP contribution in [-0.4, -0.2) is 42.1 Å². The Morgan fingerprint density at radius 2 is 1.86 bits per heavy atom. The number of hydrogen-bond acceptors (Lipinski definition) is 5. The Morgan fingerprint density at radius 3 is 2.52 bits per heavy atom. The van der Waals surface area contributed by atoms with Crippen LogP contribution >= 0.6 is 0 Å². The molecule has 1 aliphatic carbocycles. The van der Waals surface area contributed by atoms with Crippen molar-refractivity contribution in [2.24, 2.45) is 17.8 Å². The molecule has 0 radical (unpaired) electrons. The molecule has 2 amide bonds. The molecule has 0 bridgehead atoms. The van der Waals surface area contributed by atoms with Crippen molar-refractivity contribution in [2.75, 3.05) is 13.2 Å². The van der Waals surface area contributed by atoms with E-state index in [1.807, 2.05) is 44.2 Å². The molecule has 2 atom stereocenters. The van der Waals surface area contributed by atoms with Gasteiger partial charge >= 0.3 is 12.1 Å². The van der Waals surface area contributed by atoms with Crippen molar-refractivity contribution in [3.8, 4) is 0 Å². The third-order valence-electron chi connectivity index (χ3n) is 5.76. The molecule has 1 saturated heterocycles. The highest BCUT2D eigenvalue weighted by atomic mass is 16.6. The molecule has 0 aromatic heterocycles. The second-order valence-electron chi connectivity index (χ2n) is 8.56. The zero-order valence-electron chi connectivity index (χ0n) is 17.3. The van der Waals surface area contributed by atoms with Gasteiger partial charge in [0.15, 0.2) is 0 Å². The highest BCUT2D eigenvalue weighted by molar-refractivity contribution is 5.96. The smallest absolute Gasteiger partial charge is 0.416 e.